The lowest BCUT2D eigenvalue weighted by Gasteiger charge is -2.27. The molecule has 0 aliphatic carbocycles. The van der Waals surface area contributed by atoms with Crippen LogP contribution < -0.4 is 9.47 Å². The monoisotopic (exact) mass is 527 g/mol. The van der Waals surface area contributed by atoms with Gasteiger partial charge in [0.2, 0.25) is 0 Å². The number of carbonyl (C=O) groups excluding carboxylic acids is 2. The van der Waals surface area contributed by atoms with Crippen LogP contribution in [0.15, 0.2) is 66.2 Å². The highest BCUT2D eigenvalue weighted by atomic mass is 16.5. The summed E-state index contributed by atoms with van der Waals surface area (Å²) in [6.45, 7) is 12.7. The lowest BCUT2D eigenvalue weighted by Crippen LogP contribution is -2.29. The van der Waals surface area contributed by atoms with E-state index in [1.807, 2.05) is 75.4 Å². The fraction of sp³-hybridized carbons (Fsp3) is 0.333. The molecule has 6 heteroatoms. The Labute approximate surface area is 230 Å². The van der Waals surface area contributed by atoms with E-state index < -0.39 is 17.7 Å². The van der Waals surface area contributed by atoms with Crippen molar-refractivity contribution in [2.75, 3.05) is 13.7 Å². The van der Waals surface area contributed by atoms with E-state index in [1.54, 1.807) is 13.2 Å². The minimum absolute atomic E-state index is 0.0577. The summed E-state index contributed by atoms with van der Waals surface area (Å²) >= 11 is 0. The first kappa shape index (κ1) is 28.0. The standard InChI is InChI=1S/C33H37NO5/c1-8-39-25-11-9-10-22(18-25)19-34-29(23-12-14-24(15-13-23)33(4,5)6)28(31(36)32(34)37)30(35)26-16-21(3)27(38-7)17-20(26)2/h9-18,29,35H,8,19H2,1-7H3/b30-28+. The van der Waals surface area contributed by atoms with Crippen molar-refractivity contribution in [1.82, 2.24) is 4.90 Å². The maximum Gasteiger partial charge on any atom is 0.295 e. The SMILES string of the molecule is CCOc1cccc(CN2C(=O)C(=O)/C(=C(/O)c3cc(C)c(OC)cc3C)C2c2ccc(C(C)(C)C)cc2)c1. The number of ketones is 1. The molecule has 6 nitrogen and oxygen atoms in total. The van der Waals surface area contributed by atoms with Crippen LogP contribution in [0.1, 0.15) is 67.1 Å². The zero-order valence-corrected chi connectivity index (χ0v) is 23.8. The number of nitrogens with zero attached hydrogens (tertiary/aromatic N) is 1. The van der Waals surface area contributed by atoms with E-state index in [1.165, 1.54) is 4.90 Å². The van der Waals surface area contributed by atoms with Crippen molar-refractivity contribution in [2.45, 2.75) is 59.5 Å². The highest BCUT2D eigenvalue weighted by Gasteiger charge is 2.46. The number of ether oxygens (including phenoxy) is 2. The molecule has 39 heavy (non-hydrogen) atoms. The topological polar surface area (TPSA) is 76.1 Å². The van der Waals surface area contributed by atoms with E-state index in [9.17, 15) is 14.7 Å². The lowest BCUT2D eigenvalue weighted by atomic mass is 9.85. The summed E-state index contributed by atoms with van der Waals surface area (Å²) in [5.41, 5.74) is 4.80. The molecule has 1 fully saturated rings. The van der Waals surface area contributed by atoms with Crippen molar-refractivity contribution in [2.24, 2.45) is 0 Å². The molecule has 0 aromatic heterocycles. The van der Waals surface area contributed by atoms with Gasteiger partial charge in [-0.05, 0) is 78.3 Å². The normalized spacial score (nSPS) is 17.0. The van der Waals surface area contributed by atoms with Crippen LogP contribution in [-0.4, -0.2) is 35.4 Å². The highest BCUT2D eigenvalue weighted by molar-refractivity contribution is 6.46. The Morgan fingerprint density at radius 1 is 0.974 bits per heavy atom. The van der Waals surface area contributed by atoms with Crippen molar-refractivity contribution >= 4 is 17.4 Å². The van der Waals surface area contributed by atoms with Gasteiger partial charge in [0.1, 0.15) is 17.3 Å². The van der Waals surface area contributed by atoms with Crippen LogP contribution in [0.3, 0.4) is 0 Å². The number of hydrogen-bond acceptors (Lipinski definition) is 5. The van der Waals surface area contributed by atoms with Crippen LogP contribution in [0.25, 0.3) is 5.76 Å². The summed E-state index contributed by atoms with van der Waals surface area (Å²) in [4.78, 5) is 28.6. The van der Waals surface area contributed by atoms with Gasteiger partial charge in [-0.2, -0.15) is 0 Å². The van der Waals surface area contributed by atoms with E-state index in [-0.39, 0.29) is 23.3 Å². The van der Waals surface area contributed by atoms with Crippen molar-refractivity contribution in [3.05, 3.63) is 99.6 Å². The van der Waals surface area contributed by atoms with Gasteiger partial charge in [-0.25, -0.2) is 0 Å². The number of likely N-dealkylation sites (tertiary alicyclic amines) is 1. The Morgan fingerprint density at radius 3 is 2.28 bits per heavy atom. The molecule has 0 bridgehead atoms. The number of carbonyl (C=O) groups is 2. The number of aryl methyl sites for hydroxylation is 2. The first-order chi connectivity index (χ1) is 18.5. The molecule has 0 saturated carbocycles. The van der Waals surface area contributed by atoms with Gasteiger partial charge >= 0.3 is 0 Å². The largest absolute Gasteiger partial charge is 0.507 e. The maximum absolute atomic E-state index is 13.6. The van der Waals surface area contributed by atoms with Gasteiger partial charge in [-0.1, -0.05) is 57.2 Å². The van der Waals surface area contributed by atoms with Crippen LogP contribution in [-0.2, 0) is 21.5 Å². The van der Waals surface area contributed by atoms with E-state index in [2.05, 4.69) is 20.8 Å². The Balaban J connectivity index is 1.88. The minimum atomic E-state index is -0.753. The summed E-state index contributed by atoms with van der Waals surface area (Å²) in [6.07, 6.45) is 0. The van der Waals surface area contributed by atoms with E-state index in [0.717, 1.165) is 27.8 Å². The average molecular weight is 528 g/mol. The molecular weight excluding hydrogens is 490 g/mol. The molecular formula is C33H37NO5. The molecule has 1 amide bonds. The number of aliphatic hydroxyl groups is 1. The maximum atomic E-state index is 13.6. The molecule has 204 valence electrons. The molecule has 1 aliphatic heterocycles. The molecule has 1 atom stereocenters. The second-order valence-corrected chi connectivity index (χ2v) is 11.0. The van der Waals surface area contributed by atoms with Gasteiger partial charge in [0.05, 0.1) is 25.3 Å². The zero-order valence-electron chi connectivity index (χ0n) is 23.8. The van der Waals surface area contributed by atoms with Gasteiger partial charge in [-0.3, -0.25) is 9.59 Å². The van der Waals surface area contributed by atoms with Crippen LogP contribution in [0.2, 0.25) is 0 Å². The smallest absolute Gasteiger partial charge is 0.295 e. The molecule has 1 unspecified atom stereocenters. The van der Waals surface area contributed by atoms with Crippen LogP contribution >= 0.6 is 0 Å². The number of rotatable bonds is 7. The molecule has 3 aromatic carbocycles. The predicted molar refractivity (Wildman–Crippen MR) is 153 cm³/mol. The summed E-state index contributed by atoms with van der Waals surface area (Å²) in [6, 6.07) is 18.3. The molecule has 0 spiro atoms. The van der Waals surface area contributed by atoms with Gasteiger partial charge < -0.3 is 19.5 Å². The number of amides is 1. The van der Waals surface area contributed by atoms with Crippen molar-refractivity contribution < 1.29 is 24.2 Å². The molecule has 3 aromatic rings. The van der Waals surface area contributed by atoms with Crippen LogP contribution in [0, 0.1) is 13.8 Å². The van der Waals surface area contributed by atoms with Gasteiger partial charge in [0, 0.05) is 12.1 Å². The van der Waals surface area contributed by atoms with E-state index in [0.29, 0.717) is 23.7 Å². The van der Waals surface area contributed by atoms with Crippen molar-refractivity contribution in [3.8, 4) is 11.5 Å². The second kappa shape index (κ2) is 11.0. The number of Topliss-reactive ketones (excluding diaryl/α,β-unsaturated/α-hetero) is 1. The molecule has 0 radical (unpaired) electrons. The first-order valence-corrected chi connectivity index (χ1v) is 13.2. The summed E-state index contributed by atoms with van der Waals surface area (Å²) < 4.78 is 11.1. The summed E-state index contributed by atoms with van der Waals surface area (Å²) in [5, 5.41) is 11.6. The minimum Gasteiger partial charge on any atom is -0.507 e. The second-order valence-electron chi connectivity index (χ2n) is 11.0. The number of benzene rings is 3. The fourth-order valence-electron chi connectivity index (χ4n) is 5.06. The quantitative estimate of drug-likeness (QED) is 0.212. The predicted octanol–water partition coefficient (Wildman–Crippen LogP) is 6.63. The molecule has 1 saturated heterocycles. The summed E-state index contributed by atoms with van der Waals surface area (Å²) in [5.74, 6) is -0.153. The Morgan fingerprint density at radius 2 is 1.67 bits per heavy atom. The average Bonchev–Trinajstić information content (AvgIpc) is 3.14. The van der Waals surface area contributed by atoms with E-state index in [4.69, 9.17) is 9.47 Å². The summed E-state index contributed by atoms with van der Waals surface area (Å²) in [7, 11) is 1.59. The third kappa shape index (κ3) is 5.56. The van der Waals surface area contributed by atoms with E-state index >= 15 is 0 Å². The molecule has 1 N–H and O–H groups in total. The Bertz CT molecular complexity index is 1430. The Kier molecular flexibility index (Phi) is 7.86. The molecule has 1 heterocycles. The third-order valence-electron chi connectivity index (χ3n) is 7.19. The number of hydrogen-bond donors (Lipinski definition) is 1. The number of aliphatic hydroxyl groups excluding tert-OH is 1. The lowest BCUT2D eigenvalue weighted by molar-refractivity contribution is -0.140. The fourth-order valence-corrected chi connectivity index (χ4v) is 5.06. The van der Waals surface area contributed by atoms with Crippen LogP contribution in [0.5, 0.6) is 11.5 Å². The van der Waals surface area contributed by atoms with Crippen molar-refractivity contribution in [3.63, 3.8) is 0 Å². The first-order valence-electron chi connectivity index (χ1n) is 13.2. The van der Waals surface area contributed by atoms with Gasteiger partial charge in [-0.15, -0.1) is 0 Å². The van der Waals surface area contributed by atoms with Crippen molar-refractivity contribution in [1.29, 1.82) is 0 Å². The van der Waals surface area contributed by atoms with Gasteiger partial charge in [0.25, 0.3) is 11.7 Å². The molecule has 4 rings (SSSR count). The zero-order chi connectivity index (χ0) is 28.5. The molecule has 1 aliphatic rings. The Hall–Kier alpha value is -4.06. The van der Waals surface area contributed by atoms with Gasteiger partial charge in [0.15, 0.2) is 0 Å². The number of methoxy groups -OCH3 is 1. The van der Waals surface area contributed by atoms with Crippen LogP contribution in [0.4, 0.5) is 0 Å². The third-order valence-corrected chi connectivity index (χ3v) is 7.19. The highest BCUT2D eigenvalue weighted by Crippen LogP contribution is 2.42.